The normalized spacial score (nSPS) is 22.3. The minimum atomic E-state index is 0.175. The number of aryl methyl sites for hydroxylation is 2. The fourth-order valence-corrected chi connectivity index (χ4v) is 4.80. The van der Waals surface area contributed by atoms with Crippen LogP contribution in [0, 0.1) is 0 Å². The fraction of sp³-hybridized carbons (Fsp3) is 0.409. The van der Waals surface area contributed by atoms with Crippen LogP contribution in [0.4, 0.5) is 0 Å². The number of fused-ring (bicyclic) bond motifs is 2. The molecule has 0 saturated carbocycles. The van der Waals surface area contributed by atoms with E-state index in [4.69, 9.17) is 4.98 Å². The molecule has 3 heterocycles. The van der Waals surface area contributed by atoms with Gasteiger partial charge in [0.2, 0.25) is 0 Å². The molecule has 0 amide bonds. The summed E-state index contributed by atoms with van der Waals surface area (Å²) in [5.74, 6) is 0.859. The summed E-state index contributed by atoms with van der Waals surface area (Å²) in [6.45, 7) is 3.14. The number of rotatable bonds is 3. The van der Waals surface area contributed by atoms with E-state index in [9.17, 15) is 0 Å². The first-order chi connectivity index (χ1) is 13.2. The summed E-state index contributed by atoms with van der Waals surface area (Å²) in [6, 6.07) is 12.5. The first-order valence-electron chi connectivity index (χ1n) is 9.85. The quantitative estimate of drug-likeness (QED) is 0.719. The zero-order valence-corrected chi connectivity index (χ0v) is 15.8. The lowest BCUT2D eigenvalue weighted by atomic mass is 9.77. The van der Waals surface area contributed by atoms with Gasteiger partial charge in [0.15, 0.2) is 5.82 Å². The number of benzene rings is 1. The Hall–Kier alpha value is -2.53. The lowest BCUT2D eigenvalue weighted by Gasteiger charge is -2.40. The van der Waals surface area contributed by atoms with Crippen LogP contribution in [0.15, 0.2) is 48.8 Å². The maximum atomic E-state index is 5.09. The van der Waals surface area contributed by atoms with Crippen molar-refractivity contribution in [2.75, 3.05) is 13.1 Å². The molecule has 0 N–H and O–H groups in total. The SMILES string of the molecule is Cn1ccc(CN2CCCC3(CCc4cnc(-c5ccccc5)nc43)C2)n1. The number of likely N-dealkylation sites (tertiary alicyclic amines) is 1. The van der Waals surface area contributed by atoms with E-state index in [0.717, 1.165) is 43.1 Å². The standard InChI is InChI=1S/C22H25N5/c1-26-13-9-19(25-26)15-27-12-5-10-22(16-27)11-8-18-14-23-21(24-20(18)22)17-6-3-2-4-7-17/h2-4,6-7,9,13-14H,5,8,10-12,15-16H2,1H3. The van der Waals surface area contributed by atoms with Gasteiger partial charge >= 0.3 is 0 Å². The van der Waals surface area contributed by atoms with Crippen LogP contribution in [0.5, 0.6) is 0 Å². The van der Waals surface area contributed by atoms with Crippen LogP contribution in [0.3, 0.4) is 0 Å². The molecule has 5 heteroatoms. The maximum Gasteiger partial charge on any atom is 0.159 e. The van der Waals surface area contributed by atoms with Crippen molar-refractivity contribution in [2.45, 2.75) is 37.6 Å². The second kappa shape index (κ2) is 6.57. The van der Waals surface area contributed by atoms with Gasteiger partial charge in [-0.3, -0.25) is 9.58 Å². The largest absolute Gasteiger partial charge is 0.296 e. The summed E-state index contributed by atoms with van der Waals surface area (Å²) in [6.07, 6.45) is 8.83. The van der Waals surface area contributed by atoms with Crippen molar-refractivity contribution in [1.82, 2.24) is 24.6 Å². The molecule has 1 aromatic carbocycles. The number of hydrogen-bond donors (Lipinski definition) is 0. The van der Waals surface area contributed by atoms with E-state index in [2.05, 4.69) is 51.5 Å². The molecule has 0 bridgehead atoms. The topological polar surface area (TPSA) is 46.8 Å². The van der Waals surface area contributed by atoms with Gasteiger partial charge in [-0.1, -0.05) is 30.3 Å². The summed E-state index contributed by atoms with van der Waals surface area (Å²) in [5, 5.41) is 4.57. The van der Waals surface area contributed by atoms with E-state index in [0.29, 0.717) is 0 Å². The van der Waals surface area contributed by atoms with E-state index in [-0.39, 0.29) is 5.41 Å². The molecule has 1 spiro atoms. The molecule has 0 radical (unpaired) electrons. The minimum Gasteiger partial charge on any atom is -0.296 e. The summed E-state index contributed by atoms with van der Waals surface area (Å²) in [4.78, 5) is 12.3. The fourth-order valence-electron chi connectivity index (χ4n) is 4.80. The third kappa shape index (κ3) is 3.06. The number of aromatic nitrogens is 4. The molecule has 5 nitrogen and oxygen atoms in total. The van der Waals surface area contributed by atoms with E-state index < -0.39 is 0 Å². The van der Waals surface area contributed by atoms with Crippen molar-refractivity contribution >= 4 is 0 Å². The predicted octanol–water partition coefficient (Wildman–Crippen LogP) is 3.36. The van der Waals surface area contributed by atoms with E-state index >= 15 is 0 Å². The number of hydrogen-bond acceptors (Lipinski definition) is 4. The second-order valence-electron chi connectivity index (χ2n) is 8.01. The van der Waals surface area contributed by atoms with Crippen molar-refractivity contribution in [2.24, 2.45) is 7.05 Å². The van der Waals surface area contributed by atoms with Crippen molar-refractivity contribution in [3.63, 3.8) is 0 Å². The monoisotopic (exact) mass is 359 g/mol. The van der Waals surface area contributed by atoms with Gasteiger partial charge in [0.05, 0.1) is 11.4 Å². The Morgan fingerprint density at radius 2 is 2.00 bits per heavy atom. The highest BCUT2D eigenvalue weighted by Crippen LogP contribution is 2.44. The van der Waals surface area contributed by atoms with Crippen LogP contribution in [0.2, 0.25) is 0 Å². The lowest BCUT2D eigenvalue weighted by Crippen LogP contribution is -2.45. The molecule has 2 aliphatic rings. The second-order valence-corrected chi connectivity index (χ2v) is 8.01. The summed E-state index contributed by atoms with van der Waals surface area (Å²) < 4.78 is 1.89. The predicted molar refractivity (Wildman–Crippen MR) is 105 cm³/mol. The minimum absolute atomic E-state index is 0.175. The number of nitrogens with zero attached hydrogens (tertiary/aromatic N) is 5. The Kier molecular flexibility index (Phi) is 4.05. The van der Waals surface area contributed by atoms with E-state index in [1.165, 1.54) is 30.5 Å². The smallest absolute Gasteiger partial charge is 0.159 e. The molecule has 1 saturated heterocycles. The first kappa shape index (κ1) is 16.6. The Bertz CT molecular complexity index is 944. The van der Waals surface area contributed by atoms with Gasteiger partial charge < -0.3 is 0 Å². The highest BCUT2D eigenvalue weighted by Gasteiger charge is 2.43. The third-order valence-corrected chi connectivity index (χ3v) is 6.08. The molecule has 5 rings (SSSR count). The Labute approximate surface area is 160 Å². The summed E-state index contributed by atoms with van der Waals surface area (Å²) >= 11 is 0. The molecule has 1 aliphatic heterocycles. The molecule has 3 aromatic rings. The molecule has 1 atom stereocenters. The number of piperidine rings is 1. The molecule has 2 aromatic heterocycles. The first-order valence-corrected chi connectivity index (χ1v) is 9.85. The summed E-state index contributed by atoms with van der Waals surface area (Å²) in [5.41, 5.74) is 5.06. The van der Waals surface area contributed by atoms with Crippen LogP contribution in [0.1, 0.15) is 36.2 Å². The van der Waals surface area contributed by atoms with Crippen molar-refractivity contribution in [3.8, 4) is 11.4 Å². The Balaban J connectivity index is 1.44. The maximum absolute atomic E-state index is 5.09. The highest BCUT2D eigenvalue weighted by molar-refractivity contribution is 5.55. The van der Waals surface area contributed by atoms with Crippen LogP contribution in [-0.2, 0) is 25.4 Å². The summed E-state index contributed by atoms with van der Waals surface area (Å²) in [7, 11) is 1.98. The van der Waals surface area contributed by atoms with Crippen molar-refractivity contribution in [1.29, 1.82) is 0 Å². The average molecular weight is 359 g/mol. The van der Waals surface area contributed by atoms with Gasteiger partial charge in [-0.15, -0.1) is 0 Å². The van der Waals surface area contributed by atoms with Crippen LogP contribution < -0.4 is 0 Å². The van der Waals surface area contributed by atoms with Crippen LogP contribution in [-0.4, -0.2) is 37.7 Å². The Morgan fingerprint density at radius 3 is 2.81 bits per heavy atom. The van der Waals surface area contributed by atoms with Gasteiger partial charge in [0.1, 0.15) is 0 Å². The van der Waals surface area contributed by atoms with Crippen LogP contribution >= 0.6 is 0 Å². The van der Waals surface area contributed by atoms with Gasteiger partial charge in [-0.05, 0) is 43.9 Å². The molecular formula is C22H25N5. The van der Waals surface area contributed by atoms with Gasteiger partial charge in [-0.25, -0.2) is 9.97 Å². The average Bonchev–Trinajstić information content (AvgIpc) is 3.26. The Morgan fingerprint density at radius 1 is 1.11 bits per heavy atom. The van der Waals surface area contributed by atoms with Gasteiger partial charge in [0, 0.05) is 43.5 Å². The molecule has 138 valence electrons. The molecule has 1 aliphatic carbocycles. The van der Waals surface area contributed by atoms with Gasteiger partial charge in [-0.2, -0.15) is 5.10 Å². The molecule has 1 unspecified atom stereocenters. The zero-order valence-electron chi connectivity index (χ0n) is 15.8. The third-order valence-electron chi connectivity index (χ3n) is 6.08. The molecular weight excluding hydrogens is 334 g/mol. The molecule has 27 heavy (non-hydrogen) atoms. The molecule has 1 fully saturated rings. The van der Waals surface area contributed by atoms with E-state index in [1.54, 1.807) is 0 Å². The lowest BCUT2D eigenvalue weighted by molar-refractivity contribution is 0.135. The zero-order chi connectivity index (χ0) is 18.3. The van der Waals surface area contributed by atoms with Crippen molar-refractivity contribution in [3.05, 3.63) is 65.7 Å². The van der Waals surface area contributed by atoms with Gasteiger partial charge in [0.25, 0.3) is 0 Å². The highest BCUT2D eigenvalue weighted by atomic mass is 15.3. The van der Waals surface area contributed by atoms with E-state index in [1.807, 2.05) is 24.0 Å². The van der Waals surface area contributed by atoms with Crippen molar-refractivity contribution < 1.29 is 0 Å². The van der Waals surface area contributed by atoms with Crippen LogP contribution in [0.25, 0.3) is 11.4 Å².